The molecule has 0 bridgehead atoms. The quantitative estimate of drug-likeness (QED) is 0.685. The third-order valence-electron chi connectivity index (χ3n) is 5.60. The van der Waals surface area contributed by atoms with Gasteiger partial charge in [-0.3, -0.25) is 4.79 Å². The summed E-state index contributed by atoms with van der Waals surface area (Å²) < 4.78 is 5.40. The minimum atomic E-state index is -0.382. The minimum absolute atomic E-state index is 0.0837. The number of carbonyl (C=O) groups excluding carboxylic acids is 1. The predicted molar refractivity (Wildman–Crippen MR) is 115 cm³/mol. The highest BCUT2D eigenvalue weighted by atomic mass is 16.6. The molecule has 4 heteroatoms. The van der Waals surface area contributed by atoms with Gasteiger partial charge < -0.3 is 15.0 Å². The summed E-state index contributed by atoms with van der Waals surface area (Å²) >= 11 is 0. The Balaban J connectivity index is 1.26. The van der Waals surface area contributed by atoms with Crippen molar-refractivity contribution in [1.82, 2.24) is 10.2 Å². The number of nitrogens with zero attached hydrogens (tertiary/aromatic N) is 1. The summed E-state index contributed by atoms with van der Waals surface area (Å²) in [5, 5.41) is 3.76. The van der Waals surface area contributed by atoms with Crippen molar-refractivity contribution in [3.63, 3.8) is 0 Å². The molecule has 1 saturated carbocycles. The van der Waals surface area contributed by atoms with Crippen LogP contribution in [-0.2, 0) is 9.53 Å². The van der Waals surface area contributed by atoms with Crippen LogP contribution in [0, 0.1) is 11.8 Å². The highest BCUT2D eigenvalue weighted by Gasteiger charge is 2.34. The lowest BCUT2D eigenvalue weighted by Gasteiger charge is -2.32. The third kappa shape index (κ3) is 7.40. The van der Waals surface area contributed by atoms with E-state index in [0.717, 1.165) is 32.1 Å². The van der Waals surface area contributed by atoms with Crippen LogP contribution in [0.25, 0.3) is 6.08 Å². The number of hydrogen-bond donors (Lipinski definition) is 1. The first-order valence-corrected chi connectivity index (χ1v) is 10.8. The average molecular weight is 385 g/mol. The summed E-state index contributed by atoms with van der Waals surface area (Å²) in [4.78, 5) is 14.3. The maximum atomic E-state index is 11.9. The average Bonchev–Trinajstić information content (AvgIpc) is 3.42. The molecule has 1 saturated heterocycles. The summed E-state index contributed by atoms with van der Waals surface area (Å²) in [6.07, 6.45) is 8.80. The van der Waals surface area contributed by atoms with Gasteiger partial charge in [-0.1, -0.05) is 42.5 Å². The van der Waals surface area contributed by atoms with Crippen LogP contribution in [0.15, 0.2) is 36.4 Å². The largest absolute Gasteiger partial charge is 0.460 e. The summed E-state index contributed by atoms with van der Waals surface area (Å²) in [6, 6.07) is 11.2. The lowest BCUT2D eigenvalue weighted by Crippen LogP contribution is -2.39. The molecule has 1 aliphatic carbocycles. The van der Waals surface area contributed by atoms with Gasteiger partial charge in [-0.05, 0) is 77.1 Å². The molecule has 1 aromatic rings. The monoisotopic (exact) mass is 384 g/mol. The minimum Gasteiger partial charge on any atom is -0.460 e. The summed E-state index contributed by atoms with van der Waals surface area (Å²) in [5.41, 5.74) is 0.902. The molecule has 0 radical (unpaired) electrons. The fourth-order valence-corrected chi connectivity index (χ4v) is 3.84. The first-order chi connectivity index (χ1) is 13.4. The zero-order chi connectivity index (χ0) is 20.0. The summed E-state index contributed by atoms with van der Waals surface area (Å²) in [5.74, 6) is 1.37. The van der Waals surface area contributed by atoms with Crippen LogP contribution in [0.3, 0.4) is 0 Å². The Labute approximate surface area is 170 Å². The molecule has 4 nitrogen and oxygen atoms in total. The van der Waals surface area contributed by atoms with E-state index in [-0.39, 0.29) is 11.6 Å². The zero-order valence-electron chi connectivity index (χ0n) is 17.7. The van der Waals surface area contributed by atoms with E-state index in [2.05, 4.69) is 52.7 Å². The van der Waals surface area contributed by atoms with Crippen molar-refractivity contribution in [3.8, 4) is 0 Å². The number of carbonyl (C=O) groups is 1. The molecule has 0 spiro atoms. The second kappa shape index (κ2) is 9.71. The molecular weight excluding hydrogens is 348 g/mol. The Morgan fingerprint density at radius 2 is 1.93 bits per heavy atom. The summed E-state index contributed by atoms with van der Waals surface area (Å²) in [6.45, 7) is 9.90. The Morgan fingerprint density at radius 3 is 2.61 bits per heavy atom. The highest BCUT2D eigenvalue weighted by molar-refractivity contribution is 5.70. The third-order valence-corrected chi connectivity index (χ3v) is 5.60. The van der Waals surface area contributed by atoms with E-state index in [1.165, 1.54) is 24.8 Å². The number of nitrogens with one attached hydrogen (secondary N) is 1. The molecule has 3 rings (SSSR count). The Morgan fingerprint density at radius 1 is 1.21 bits per heavy atom. The van der Waals surface area contributed by atoms with Crippen molar-refractivity contribution < 1.29 is 9.53 Å². The molecule has 0 amide bonds. The van der Waals surface area contributed by atoms with Crippen molar-refractivity contribution in [2.24, 2.45) is 11.8 Å². The second-order valence-electron chi connectivity index (χ2n) is 9.31. The van der Waals surface area contributed by atoms with E-state index < -0.39 is 0 Å². The van der Waals surface area contributed by atoms with Crippen LogP contribution in [0.1, 0.15) is 52.0 Å². The lowest BCUT2D eigenvalue weighted by atomic mass is 9.96. The van der Waals surface area contributed by atoms with Crippen molar-refractivity contribution in [2.45, 2.75) is 58.1 Å². The maximum absolute atomic E-state index is 11.9. The first-order valence-electron chi connectivity index (χ1n) is 10.8. The number of hydrogen-bond acceptors (Lipinski definition) is 4. The molecule has 2 fully saturated rings. The van der Waals surface area contributed by atoms with E-state index in [9.17, 15) is 4.79 Å². The van der Waals surface area contributed by atoms with Gasteiger partial charge in [-0.2, -0.15) is 0 Å². The van der Waals surface area contributed by atoms with Crippen LogP contribution in [0.4, 0.5) is 0 Å². The number of likely N-dealkylation sites (tertiary alicyclic amines) is 1. The van der Waals surface area contributed by atoms with Crippen molar-refractivity contribution >= 4 is 12.0 Å². The molecule has 1 aromatic carbocycles. The van der Waals surface area contributed by atoms with Gasteiger partial charge in [-0.25, -0.2) is 0 Å². The van der Waals surface area contributed by atoms with E-state index in [1.54, 1.807) is 0 Å². The van der Waals surface area contributed by atoms with E-state index in [1.807, 2.05) is 20.8 Å². The topological polar surface area (TPSA) is 41.6 Å². The van der Waals surface area contributed by atoms with Crippen molar-refractivity contribution in [1.29, 1.82) is 0 Å². The number of esters is 1. The van der Waals surface area contributed by atoms with Crippen molar-refractivity contribution in [2.75, 3.05) is 26.2 Å². The molecule has 2 unspecified atom stereocenters. The number of piperidine rings is 1. The van der Waals surface area contributed by atoms with E-state index >= 15 is 0 Å². The predicted octanol–water partition coefficient (Wildman–Crippen LogP) is 4.12. The van der Waals surface area contributed by atoms with Crippen LogP contribution in [0.2, 0.25) is 0 Å². The molecule has 28 heavy (non-hydrogen) atoms. The Kier molecular flexibility index (Phi) is 7.30. The second-order valence-corrected chi connectivity index (χ2v) is 9.31. The van der Waals surface area contributed by atoms with Crippen LogP contribution in [0.5, 0.6) is 0 Å². The molecule has 1 aliphatic heterocycles. The van der Waals surface area contributed by atoms with Gasteiger partial charge in [0.15, 0.2) is 0 Å². The van der Waals surface area contributed by atoms with Crippen molar-refractivity contribution in [3.05, 3.63) is 42.0 Å². The highest BCUT2D eigenvalue weighted by Crippen LogP contribution is 2.32. The van der Waals surface area contributed by atoms with Gasteiger partial charge in [0, 0.05) is 12.6 Å². The molecule has 0 aromatic heterocycles. The van der Waals surface area contributed by atoms with Gasteiger partial charge in [0.1, 0.15) is 5.60 Å². The SMILES string of the molecule is CC(C)(C)OC(=O)CCN1CCC(CNC2CC2/C=C/c2ccccc2)CC1. The van der Waals surface area contributed by atoms with Gasteiger partial charge in [0.05, 0.1) is 6.42 Å². The standard InChI is InChI=1S/C24H36N2O2/c1-24(2,3)28-23(27)13-16-26-14-11-20(12-15-26)18-25-22-17-21(22)10-9-19-7-5-4-6-8-19/h4-10,20-22,25H,11-18H2,1-3H3/b10-9+. The molecule has 2 atom stereocenters. The van der Waals surface area contributed by atoms with Crippen LogP contribution in [-0.4, -0.2) is 48.7 Å². The van der Waals surface area contributed by atoms with Gasteiger partial charge in [0.2, 0.25) is 0 Å². The lowest BCUT2D eigenvalue weighted by molar-refractivity contribution is -0.155. The van der Waals surface area contributed by atoms with E-state index in [4.69, 9.17) is 4.74 Å². The molecule has 1 heterocycles. The van der Waals surface area contributed by atoms with Gasteiger partial charge in [-0.15, -0.1) is 0 Å². The smallest absolute Gasteiger partial charge is 0.307 e. The Hall–Kier alpha value is -1.65. The van der Waals surface area contributed by atoms with Crippen LogP contribution >= 0.6 is 0 Å². The fraction of sp³-hybridized carbons (Fsp3) is 0.625. The maximum Gasteiger partial charge on any atom is 0.307 e. The number of rotatable bonds is 8. The first kappa shape index (κ1) is 21.1. The Bertz CT molecular complexity index is 642. The number of ether oxygens (including phenoxy) is 1. The van der Waals surface area contributed by atoms with E-state index in [0.29, 0.717) is 18.4 Å². The molecule has 2 aliphatic rings. The summed E-state index contributed by atoms with van der Waals surface area (Å²) in [7, 11) is 0. The molecule has 154 valence electrons. The normalized spacial score (nSPS) is 23.8. The molecule has 1 N–H and O–H groups in total. The van der Waals surface area contributed by atoms with Gasteiger partial charge in [0.25, 0.3) is 0 Å². The van der Waals surface area contributed by atoms with Crippen LogP contribution < -0.4 is 5.32 Å². The zero-order valence-corrected chi connectivity index (χ0v) is 17.7. The number of benzene rings is 1. The van der Waals surface area contributed by atoms with Gasteiger partial charge >= 0.3 is 5.97 Å². The fourth-order valence-electron chi connectivity index (χ4n) is 3.84. The molecular formula is C24H36N2O2.